The van der Waals surface area contributed by atoms with Gasteiger partial charge < -0.3 is 14.8 Å². The minimum Gasteiger partial charge on any atom is -0.342 e. The zero-order valence-corrected chi connectivity index (χ0v) is 15.1. The van der Waals surface area contributed by atoms with Gasteiger partial charge in [0.15, 0.2) is 0 Å². The van der Waals surface area contributed by atoms with Gasteiger partial charge in [-0.15, -0.1) is 0 Å². The minimum absolute atomic E-state index is 0.552. The number of H-pyrrole nitrogens is 1. The number of hydrogen-bond donors (Lipinski definition) is 1. The van der Waals surface area contributed by atoms with E-state index in [4.69, 9.17) is 4.98 Å². The van der Waals surface area contributed by atoms with Gasteiger partial charge in [0.05, 0.1) is 11.0 Å². The van der Waals surface area contributed by atoms with Gasteiger partial charge in [0.2, 0.25) is 0 Å². The zero-order chi connectivity index (χ0) is 16.6. The summed E-state index contributed by atoms with van der Waals surface area (Å²) in [6.45, 7) is 8.35. The molecule has 0 radical (unpaired) electrons. The summed E-state index contributed by atoms with van der Waals surface area (Å²) in [5.74, 6) is 1.14. The lowest BCUT2D eigenvalue weighted by Crippen LogP contribution is -2.51. The number of fused-ring (bicyclic) bond motifs is 1. The molecule has 4 nitrogen and oxygen atoms in total. The molecule has 0 saturated carbocycles. The van der Waals surface area contributed by atoms with Crippen LogP contribution in [0.2, 0.25) is 0 Å². The number of imidazole rings is 1. The molecule has 1 unspecified atom stereocenters. The number of likely N-dealkylation sites (tertiary alicyclic amines) is 2. The lowest BCUT2D eigenvalue weighted by Gasteiger charge is -2.47. The van der Waals surface area contributed by atoms with Gasteiger partial charge in [-0.3, -0.25) is 0 Å². The summed E-state index contributed by atoms with van der Waals surface area (Å²) in [7, 11) is 2.29. The fourth-order valence-electron chi connectivity index (χ4n) is 4.85. The Morgan fingerprint density at radius 3 is 2.83 bits per heavy atom. The second-order valence-electron chi connectivity index (χ2n) is 8.18. The molecular weight excluding hydrogens is 296 g/mol. The predicted molar refractivity (Wildman–Crippen MR) is 99.4 cm³/mol. The van der Waals surface area contributed by atoms with E-state index < -0.39 is 0 Å². The van der Waals surface area contributed by atoms with Crippen molar-refractivity contribution >= 4 is 11.0 Å². The van der Waals surface area contributed by atoms with Gasteiger partial charge in [-0.25, -0.2) is 4.98 Å². The van der Waals surface area contributed by atoms with Gasteiger partial charge in [0.25, 0.3) is 0 Å². The van der Waals surface area contributed by atoms with Crippen LogP contribution in [-0.2, 0) is 6.42 Å². The van der Waals surface area contributed by atoms with E-state index in [1.54, 1.807) is 0 Å². The SMILES string of the molecule is Cc1ccc2nc(CCN3CCCC4(CCCN(C)C4)C3)[nH]c2c1. The summed E-state index contributed by atoms with van der Waals surface area (Å²) in [5, 5.41) is 0. The number of nitrogens with zero attached hydrogens (tertiary/aromatic N) is 3. The molecule has 2 fully saturated rings. The van der Waals surface area contributed by atoms with Crippen LogP contribution in [0.3, 0.4) is 0 Å². The van der Waals surface area contributed by atoms with Crippen molar-refractivity contribution < 1.29 is 0 Å². The fourth-order valence-corrected chi connectivity index (χ4v) is 4.85. The standard InChI is InChI=1S/C20H30N4/c1-16-5-6-17-18(13-16)22-19(21-17)7-12-24-11-4-9-20(15-24)8-3-10-23(2)14-20/h5-6,13H,3-4,7-12,14-15H2,1-2H3,(H,21,22). The van der Waals surface area contributed by atoms with Crippen LogP contribution < -0.4 is 0 Å². The quantitative estimate of drug-likeness (QED) is 0.940. The molecule has 0 aliphatic carbocycles. The zero-order valence-electron chi connectivity index (χ0n) is 15.1. The first-order valence-corrected chi connectivity index (χ1v) is 9.48. The number of aromatic amines is 1. The Bertz CT molecular complexity index is 703. The molecule has 3 heterocycles. The molecule has 1 aromatic carbocycles. The van der Waals surface area contributed by atoms with Gasteiger partial charge >= 0.3 is 0 Å². The monoisotopic (exact) mass is 326 g/mol. The van der Waals surface area contributed by atoms with Crippen molar-refractivity contribution in [1.82, 2.24) is 19.8 Å². The third kappa shape index (κ3) is 3.35. The van der Waals surface area contributed by atoms with Crippen LogP contribution in [0.1, 0.15) is 37.1 Å². The third-order valence-electron chi connectivity index (χ3n) is 5.94. The molecule has 1 aromatic heterocycles. The number of rotatable bonds is 3. The molecule has 1 N–H and O–H groups in total. The maximum absolute atomic E-state index is 4.76. The normalized spacial score (nSPS) is 26.4. The molecular formula is C20H30N4. The Balaban J connectivity index is 1.39. The fraction of sp³-hybridized carbons (Fsp3) is 0.650. The van der Waals surface area contributed by atoms with Crippen molar-refractivity contribution in [1.29, 1.82) is 0 Å². The molecule has 4 rings (SSSR count). The molecule has 4 heteroatoms. The Morgan fingerprint density at radius 1 is 1.17 bits per heavy atom. The van der Waals surface area contributed by atoms with E-state index >= 15 is 0 Å². The van der Waals surface area contributed by atoms with Crippen LogP contribution in [0.4, 0.5) is 0 Å². The number of benzene rings is 1. The molecule has 2 aliphatic heterocycles. The average molecular weight is 326 g/mol. The first-order chi connectivity index (χ1) is 11.6. The molecule has 2 aliphatic rings. The summed E-state index contributed by atoms with van der Waals surface area (Å²) in [6.07, 6.45) is 6.58. The Labute approximate surface area is 145 Å². The molecule has 1 atom stereocenters. The number of piperidine rings is 2. The predicted octanol–water partition coefficient (Wildman–Crippen LogP) is 3.22. The number of aryl methyl sites for hydroxylation is 1. The van der Waals surface area contributed by atoms with Crippen molar-refractivity contribution in [2.75, 3.05) is 39.8 Å². The minimum atomic E-state index is 0.552. The number of hydrogen-bond acceptors (Lipinski definition) is 3. The van der Waals surface area contributed by atoms with E-state index in [0.29, 0.717) is 5.41 Å². The van der Waals surface area contributed by atoms with Crippen molar-refractivity contribution in [2.24, 2.45) is 5.41 Å². The molecule has 24 heavy (non-hydrogen) atoms. The lowest BCUT2D eigenvalue weighted by atomic mass is 9.74. The molecule has 130 valence electrons. The Kier molecular flexibility index (Phi) is 4.35. The topological polar surface area (TPSA) is 35.2 Å². The summed E-state index contributed by atoms with van der Waals surface area (Å²) in [4.78, 5) is 13.5. The summed E-state index contributed by atoms with van der Waals surface area (Å²) in [5.41, 5.74) is 4.11. The highest BCUT2D eigenvalue weighted by Crippen LogP contribution is 2.37. The highest BCUT2D eigenvalue weighted by Gasteiger charge is 2.37. The highest BCUT2D eigenvalue weighted by atomic mass is 15.2. The van der Waals surface area contributed by atoms with Gasteiger partial charge in [-0.1, -0.05) is 6.07 Å². The Hall–Kier alpha value is -1.39. The number of nitrogens with one attached hydrogen (secondary N) is 1. The van der Waals surface area contributed by atoms with Gasteiger partial charge in [0, 0.05) is 26.1 Å². The van der Waals surface area contributed by atoms with Crippen LogP contribution in [0.5, 0.6) is 0 Å². The summed E-state index contributed by atoms with van der Waals surface area (Å²) >= 11 is 0. The van der Waals surface area contributed by atoms with Crippen LogP contribution in [0.15, 0.2) is 18.2 Å². The van der Waals surface area contributed by atoms with Crippen molar-refractivity contribution in [3.05, 3.63) is 29.6 Å². The van der Waals surface area contributed by atoms with E-state index in [1.165, 1.54) is 62.9 Å². The van der Waals surface area contributed by atoms with Crippen molar-refractivity contribution in [3.63, 3.8) is 0 Å². The van der Waals surface area contributed by atoms with Crippen LogP contribution in [0.25, 0.3) is 11.0 Å². The van der Waals surface area contributed by atoms with Crippen LogP contribution in [-0.4, -0.2) is 59.5 Å². The Morgan fingerprint density at radius 2 is 2.00 bits per heavy atom. The van der Waals surface area contributed by atoms with Gasteiger partial charge in [-0.2, -0.15) is 0 Å². The maximum Gasteiger partial charge on any atom is 0.108 e. The van der Waals surface area contributed by atoms with Crippen molar-refractivity contribution in [3.8, 4) is 0 Å². The van der Waals surface area contributed by atoms with E-state index in [9.17, 15) is 0 Å². The second-order valence-corrected chi connectivity index (χ2v) is 8.18. The van der Waals surface area contributed by atoms with E-state index in [1.807, 2.05) is 0 Å². The van der Waals surface area contributed by atoms with Crippen molar-refractivity contribution in [2.45, 2.75) is 39.0 Å². The van der Waals surface area contributed by atoms with Crippen LogP contribution in [0, 0.1) is 12.3 Å². The van der Waals surface area contributed by atoms with E-state index in [2.05, 4.69) is 47.0 Å². The molecule has 2 aromatic rings. The maximum atomic E-state index is 4.76. The summed E-state index contributed by atoms with van der Waals surface area (Å²) in [6, 6.07) is 6.46. The van der Waals surface area contributed by atoms with E-state index in [-0.39, 0.29) is 0 Å². The molecule has 2 saturated heterocycles. The molecule has 0 amide bonds. The first-order valence-electron chi connectivity index (χ1n) is 9.48. The molecule has 0 bridgehead atoms. The highest BCUT2D eigenvalue weighted by molar-refractivity contribution is 5.75. The third-order valence-corrected chi connectivity index (χ3v) is 5.94. The molecule has 1 spiro atoms. The van der Waals surface area contributed by atoms with Gasteiger partial charge in [-0.05, 0) is 75.9 Å². The number of aromatic nitrogens is 2. The lowest BCUT2D eigenvalue weighted by molar-refractivity contribution is 0.0234. The first kappa shape index (κ1) is 16.1. The smallest absolute Gasteiger partial charge is 0.108 e. The second kappa shape index (κ2) is 6.49. The van der Waals surface area contributed by atoms with Crippen LogP contribution >= 0.6 is 0 Å². The van der Waals surface area contributed by atoms with Gasteiger partial charge in [0.1, 0.15) is 5.82 Å². The summed E-state index contributed by atoms with van der Waals surface area (Å²) < 4.78 is 0. The largest absolute Gasteiger partial charge is 0.342 e. The van der Waals surface area contributed by atoms with E-state index in [0.717, 1.165) is 24.3 Å². The average Bonchev–Trinajstić information content (AvgIpc) is 2.95.